The van der Waals surface area contributed by atoms with E-state index in [2.05, 4.69) is 5.32 Å². The van der Waals surface area contributed by atoms with E-state index < -0.39 is 12.6 Å². The van der Waals surface area contributed by atoms with Gasteiger partial charge in [0.05, 0.1) is 6.42 Å². The van der Waals surface area contributed by atoms with Crippen LogP contribution in [-0.2, 0) is 0 Å². The molecule has 5 heteroatoms. The maximum absolute atomic E-state index is 12.0. The Balaban J connectivity index is 2.51. The van der Waals surface area contributed by atoms with Gasteiger partial charge in [-0.3, -0.25) is 0 Å². The topological polar surface area (TPSA) is 12.0 Å². The Hall–Kier alpha value is -0.740. The average Bonchev–Trinajstić information content (AvgIpc) is 2.24. The molecule has 1 atom stereocenters. The van der Waals surface area contributed by atoms with Gasteiger partial charge in [-0.05, 0) is 24.1 Å². The molecule has 1 nitrogen and oxygen atoms in total. The molecule has 0 amide bonds. The zero-order valence-electron chi connectivity index (χ0n) is 9.52. The van der Waals surface area contributed by atoms with Crippen LogP contribution in [0.25, 0.3) is 0 Å². The van der Waals surface area contributed by atoms with Crippen LogP contribution in [0.5, 0.6) is 0 Å². The molecule has 0 bridgehead atoms. The summed E-state index contributed by atoms with van der Waals surface area (Å²) in [6, 6.07) is 7.08. The first-order chi connectivity index (χ1) is 7.92. The van der Waals surface area contributed by atoms with E-state index in [4.69, 9.17) is 11.6 Å². The Morgan fingerprint density at radius 2 is 1.82 bits per heavy atom. The number of hydrogen-bond donors (Lipinski definition) is 1. The lowest BCUT2D eigenvalue weighted by Crippen LogP contribution is -2.25. The van der Waals surface area contributed by atoms with Gasteiger partial charge in [-0.1, -0.05) is 30.7 Å². The van der Waals surface area contributed by atoms with E-state index >= 15 is 0 Å². The van der Waals surface area contributed by atoms with Crippen molar-refractivity contribution in [3.63, 3.8) is 0 Å². The Morgan fingerprint density at radius 1 is 1.24 bits per heavy atom. The van der Waals surface area contributed by atoms with Gasteiger partial charge in [-0.15, -0.1) is 0 Å². The van der Waals surface area contributed by atoms with Gasteiger partial charge in [0, 0.05) is 17.6 Å². The number of benzene rings is 1. The highest BCUT2D eigenvalue weighted by Gasteiger charge is 2.26. The minimum absolute atomic E-state index is 0.0605. The molecule has 1 rings (SSSR count). The normalized spacial score (nSPS) is 13.7. The Labute approximate surface area is 104 Å². The molecule has 1 aromatic carbocycles. The molecule has 0 spiro atoms. The molecule has 0 aliphatic rings. The molecule has 17 heavy (non-hydrogen) atoms. The molecule has 0 aliphatic carbocycles. The fraction of sp³-hybridized carbons (Fsp3) is 0.500. The van der Waals surface area contributed by atoms with Gasteiger partial charge in [0.2, 0.25) is 0 Å². The first-order valence-electron chi connectivity index (χ1n) is 5.48. The van der Waals surface area contributed by atoms with Gasteiger partial charge in [-0.25, -0.2) is 0 Å². The molecule has 0 aromatic heterocycles. The van der Waals surface area contributed by atoms with Crippen LogP contribution in [0.1, 0.15) is 31.4 Å². The summed E-state index contributed by atoms with van der Waals surface area (Å²) in [7, 11) is 0. The number of nitrogens with one attached hydrogen (secondary N) is 1. The maximum Gasteiger partial charge on any atom is 0.390 e. The second kappa shape index (κ2) is 6.26. The van der Waals surface area contributed by atoms with E-state index in [1.54, 1.807) is 12.1 Å². The smallest absolute Gasteiger partial charge is 0.310 e. The van der Waals surface area contributed by atoms with Gasteiger partial charge in [-0.2, -0.15) is 13.2 Å². The van der Waals surface area contributed by atoms with Gasteiger partial charge >= 0.3 is 6.18 Å². The summed E-state index contributed by atoms with van der Waals surface area (Å²) < 4.78 is 36.0. The Morgan fingerprint density at radius 3 is 2.29 bits per heavy atom. The predicted molar refractivity (Wildman–Crippen MR) is 63.2 cm³/mol. The molecule has 0 radical (unpaired) electrons. The Bertz CT molecular complexity index is 335. The van der Waals surface area contributed by atoms with Crippen LogP contribution >= 0.6 is 11.6 Å². The summed E-state index contributed by atoms with van der Waals surface area (Å²) >= 11 is 5.75. The highest BCUT2D eigenvalue weighted by molar-refractivity contribution is 6.30. The fourth-order valence-corrected chi connectivity index (χ4v) is 1.71. The molecule has 0 heterocycles. The molecule has 96 valence electrons. The van der Waals surface area contributed by atoms with E-state index in [0.29, 0.717) is 5.02 Å². The molecule has 1 aromatic rings. The lowest BCUT2D eigenvalue weighted by Gasteiger charge is -2.18. The van der Waals surface area contributed by atoms with Crippen molar-refractivity contribution < 1.29 is 13.2 Å². The number of rotatable bonds is 5. The third-order valence-corrected chi connectivity index (χ3v) is 2.73. The SMILES string of the molecule is CCC(NCCC(F)(F)F)c1ccc(Cl)cc1. The Kier molecular flexibility index (Phi) is 5.28. The minimum atomic E-state index is -4.11. The van der Waals surface area contributed by atoms with Gasteiger partial charge in [0.25, 0.3) is 0 Å². The first kappa shape index (κ1) is 14.3. The largest absolute Gasteiger partial charge is 0.390 e. The van der Waals surface area contributed by atoms with Crippen LogP contribution < -0.4 is 5.32 Å². The summed E-state index contributed by atoms with van der Waals surface area (Å²) in [5, 5.41) is 3.52. The first-order valence-corrected chi connectivity index (χ1v) is 5.86. The van der Waals surface area contributed by atoms with E-state index in [1.165, 1.54) is 0 Å². The van der Waals surface area contributed by atoms with Crippen molar-refractivity contribution in [2.75, 3.05) is 6.54 Å². The van der Waals surface area contributed by atoms with Crippen molar-refractivity contribution in [3.8, 4) is 0 Å². The van der Waals surface area contributed by atoms with Crippen LogP contribution in [-0.4, -0.2) is 12.7 Å². The van der Waals surface area contributed by atoms with Gasteiger partial charge < -0.3 is 5.32 Å². The molecular formula is C12H15ClF3N. The highest BCUT2D eigenvalue weighted by atomic mass is 35.5. The minimum Gasteiger partial charge on any atom is -0.310 e. The van der Waals surface area contributed by atoms with E-state index in [9.17, 15) is 13.2 Å². The number of halogens is 4. The molecule has 1 unspecified atom stereocenters. The quantitative estimate of drug-likeness (QED) is 0.835. The lowest BCUT2D eigenvalue weighted by atomic mass is 10.0. The molecule has 0 saturated carbocycles. The van der Waals surface area contributed by atoms with Crippen molar-refractivity contribution >= 4 is 11.6 Å². The molecule has 0 fully saturated rings. The fourth-order valence-electron chi connectivity index (χ4n) is 1.58. The van der Waals surface area contributed by atoms with Crippen LogP contribution in [0.2, 0.25) is 5.02 Å². The summed E-state index contributed by atoms with van der Waals surface area (Å²) in [5.74, 6) is 0. The van der Waals surface area contributed by atoms with E-state index in [-0.39, 0.29) is 12.6 Å². The number of alkyl halides is 3. The van der Waals surface area contributed by atoms with Crippen LogP contribution in [0.3, 0.4) is 0 Å². The van der Waals surface area contributed by atoms with Gasteiger partial charge in [0.15, 0.2) is 0 Å². The van der Waals surface area contributed by atoms with Crippen molar-refractivity contribution in [2.24, 2.45) is 0 Å². The van der Waals surface area contributed by atoms with Crippen LogP contribution in [0, 0.1) is 0 Å². The average molecular weight is 266 g/mol. The maximum atomic E-state index is 12.0. The zero-order valence-corrected chi connectivity index (χ0v) is 10.3. The van der Waals surface area contributed by atoms with Crippen molar-refractivity contribution in [1.82, 2.24) is 5.32 Å². The molecular weight excluding hydrogens is 251 g/mol. The molecule has 0 saturated heterocycles. The summed E-state index contributed by atoms with van der Waals surface area (Å²) in [6.45, 7) is 1.87. The zero-order chi connectivity index (χ0) is 12.9. The standard InChI is InChI=1S/C12H15ClF3N/c1-2-11(17-8-7-12(14,15)16)9-3-5-10(13)6-4-9/h3-6,11,17H,2,7-8H2,1H3. The van der Waals surface area contributed by atoms with Crippen LogP contribution in [0.15, 0.2) is 24.3 Å². The molecule has 0 aliphatic heterocycles. The van der Waals surface area contributed by atoms with Crippen LogP contribution in [0.4, 0.5) is 13.2 Å². The van der Waals surface area contributed by atoms with Crippen molar-refractivity contribution in [1.29, 1.82) is 0 Å². The third-order valence-electron chi connectivity index (χ3n) is 2.48. The monoisotopic (exact) mass is 265 g/mol. The van der Waals surface area contributed by atoms with Crippen molar-refractivity contribution in [2.45, 2.75) is 32.0 Å². The van der Waals surface area contributed by atoms with Gasteiger partial charge in [0.1, 0.15) is 0 Å². The highest BCUT2D eigenvalue weighted by Crippen LogP contribution is 2.21. The summed E-state index contributed by atoms with van der Waals surface area (Å²) in [4.78, 5) is 0. The summed E-state index contributed by atoms with van der Waals surface area (Å²) in [5.41, 5.74) is 0.957. The second-order valence-corrected chi connectivity index (χ2v) is 4.27. The second-order valence-electron chi connectivity index (χ2n) is 3.83. The van der Waals surface area contributed by atoms with Crippen molar-refractivity contribution in [3.05, 3.63) is 34.9 Å². The van der Waals surface area contributed by atoms with E-state index in [1.807, 2.05) is 19.1 Å². The van der Waals surface area contributed by atoms with E-state index in [0.717, 1.165) is 12.0 Å². The number of hydrogen-bond acceptors (Lipinski definition) is 1. The lowest BCUT2D eigenvalue weighted by molar-refractivity contribution is -0.133. The summed E-state index contributed by atoms with van der Waals surface area (Å²) in [6.07, 6.45) is -4.18. The predicted octanol–water partition coefficient (Wildman–Crippen LogP) is 4.33. The molecule has 1 N–H and O–H groups in total. The third kappa shape index (κ3) is 5.41.